The SMILES string of the molecule is CCc1c(C(C)C)cccc1C(C)CO. The van der Waals surface area contributed by atoms with Crippen LogP contribution in [0.4, 0.5) is 0 Å². The third-order valence-electron chi connectivity index (χ3n) is 3.03. The molecule has 0 aromatic heterocycles. The van der Waals surface area contributed by atoms with Crippen molar-refractivity contribution < 1.29 is 5.11 Å². The fraction of sp³-hybridized carbons (Fsp3) is 0.571. The molecule has 1 N–H and O–H groups in total. The van der Waals surface area contributed by atoms with Crippen LogP contribution >= 0.6 is 0 Å². The highest BCUT2D eigenvalue weighted by atomic mass is 16.3. The second-order valence-electron chi connectivity index (χ2n) is 4.51. The molecule has 1 rings (SSSR count). The minimum Gasteiger partial charge on any atom is -0.396 e. The molecule has 15 heavy (non-hydrogen) atoms. The van der Waals surface area contributed by atoms with Gasteiger partial charge < -0.3 is 5.11 Å². The van der Waals surface area contributed by atoms with Crippen molar-refractivity contribution in [2.75, 3.05) is 6.61 Å². The van der Waals surface area contributed by atoms with Gasteiger partial charge in [0.1, 0.15) is 0 Å². The van der Waals surface area contributed by atoms with Crippen molar-refractivity contribution in [3.63, 3.8) is 0 Å². The number of hydrogen-bond donors (Lipinski definition) is 1. The monoisotopic (exact) mass is 206 g/mol. The van der Waals surface area contributed by atoms with Crippen molar-refractivity contribution in [1.82, 2.24) is 0 Å². The maximum atomic E-state index is 9.24. The van der Waals surface area contributed by atoms with E-state index in [4.69, 9.17) is 0 Å². The van der Waals surface area contributed by atoms with Crippen molar-refractivity contribution in [2.24, 2.45) is 0 Å². The van der Waals surface area contributed by atoms with Crippen LogP contribution in [0.1, 0.15) is 56.2 Å². The molecule has 0 aliphatic rings. The van der Waals surface area contributed by atoms with Crippen LogP contribution in [0.2, 0.25) is 0 Å². The average molecular weight is 206 g/mol. The first-order valence-electron chi connectivity index (χ1n) is 5.84. The summed E-state index contributed by atoms with van der Waals surface area (Å²) in [7, 11) is 0. The average Bonchev–Trinajstić information content (AvgIpc) is 2.26. The van der Waals surface area contributed by atoms with E-state index in [0.29, 0.717) is 5.92 Å². The molecule has 1 heteroatoms. The van der Waals surface area contributed by atoms with Gasteiger partial charge in [-0.1, -0.05) is 45.9 Å². The summed E-state index contributed by atoms with van der Waals surface area (Å²) in [6, 6.07) is 6.46. The zero-order valence-electron chi connectivity index (χ0n) is 10.2. The third kappa shape index (κ3) is 2.60. The van der Waals surface area contributed by atoms with Gasteiger partial charge in [-0.15, -0.1) is 0 Å². The summed E-state index contributed by atoms with van der Waals surface area (Å²) in [6.07, 6.45) is 1.05. The summed E-state index contributed by atoms with van der Waals surface area (Å²) < 4.78 is 0. The molecule has 1 nitrogen and oxygen atoms in total. The van der Waals surface area contributed by atoms with Crippen molar-refractivity contribution >= 4 is 0 Å². The number of rotatable bonds is 4. The Labute approximate surface area is 93.1 Å². The van der Waals surface area contributed by atoms with Crippen LogP contribution in [0, 0.1) is 0 Å². The Morgan fingerprint density at radius 3 is 2.20 bits per heavy atom. The molecular weight excluding hydrogens is 184 g/mol. The van der Waals surface area contributed by atoms with Gasteiger partial charge in [-0.2, -0.15) is 0 Å². The topological polar surface area (TPSA) is 20.2 Å². The summed E-state index contributed by atoms with van der Waals surface area (Å²) in [5.41, 5.74) is 4.16. The van der Waals surface area contributed by atoms with E-state index in [1.807, 2.05) is 0 Å². The molecule has 0 heterocycles. The first-order valence-corrected chi connectivity index (χ1v) is 5.84. The molecular formula is C14H22O. The van der Waals surface area contributed by atoms with Crippen LogP contribution in [0.25, 0.3) is 0 Å². The zero-order chi connectivity index (χ0) is 11.4. The number of hydrogen-bond acceptors (Lipinski definition) is 1. The summed E-state index contributed by atoms with van der Waals surface area (Å²) in [4.78, 5) is 0. The minimum atomic E-state index is 0.231. The smallest absolute Gasteiger partial charge is 0.0497 e. The van der Waals surface area contributed by atoms with Crippen molar-refractivity contribution in [3.05, 3.63) is 34.9 Å². The molecule has 84 valence electrons. The first kappa shape index (κ1) is 12.3. The normalized spacial score (nSPS) is 13.2. The predicted molar refractivity (Wildman–Crippen MR) is 65.4 cm³/mol. The molecule has 0 aliphatic heterocycles. The van der Waals surface area contributed by atoms with E-state index in [0.717, 1.165) is 6.42 Å². The summed E-state index contributed by atoms with van der Waals surface area (Å²) >= 11 is 0. The molecule has 0 fully saturated rings. The highest BCUT2D eigenvalue weighted by molar-refractivity contribution is 5.39. The van der Waals surface area contributed by atoms with Crippen LogP contribution in [-0.2, 0) is 6.42 Å². The Kier molecular flexibility index (Phi) is 4.34. The van der Waals surface area contributed by atoms with Gasteiger partial charge in [0.05, 0.1) is 0 Å². The lowest BCUT2D eigenvalue weighted by Gasteiger charge is -2.19. The highest BCUT2D eigenvalue weighted by Gasteiger charge is 2.13. The molecule has 0 radical (unpaired) electrons. The lowest BCUT2D eigenvalue weighted by molar-refractivity contribution is 0.272. The third-order valence-corrected chi connectivity index (χ3v) is 3.03. The van der Waals surface area contributed by atoms with Gasteiger partial charge >= 0.3 is 0 Å². The fourth-order valence-corrected chi connectivity index (χ4v) is 2.13. The maximum absolute atomic E-state index is 9.24. The van der Waals surface area contributed by atoms with E-state index < -0.39 is 0 Å². The second kappa shape index (κ2) is 5.32. The lowest BCUT2D eigenvalue weighted by Crippen LogP contribution is -2.06. The molecule has 1 aromatic rings. The van der Waals surface area contributed by atoms with Crippen LogP contribution in [0.3, 0.4) is 0 Å². The van der Waals surface area contributed by atoms with E-state index in [9.17, 15) is 5.11 Å². The van der Waals surface area contributed by atoms with Gasteiger partial charge in [0, 0.05) is 12.5 Å². The van der Waals surface area contributed by atoms with Gasteiger partial charge in [0.15, 0.2) is 0 Å². The second-order valence-corrected chi connectivity index (χ2v) is 4.51. The Morgan fingerprint density at radius 2 is 1.73 bits per heavy atom. The summed E-state index contributed by atoms with van der Waals surface area (Å²) in [5, 5.41) is 9.24. The van der Waals surface area contributed by atoms with E-state index in [1.165, 1.54) is 16.7 Å². The van der Waals surface area contributed by atoms with Gasteiger partial charge in [-0.05, 0) is 29.0 Å². The van der Waals surface area contributed by atoms with Gasteiger partial charge in [0.2, 0.25) is 0 Å². The van der Waals surface area contributed by atoms with E-state index >= 15 is 0 Å². The first-order chi connectivity index (χ1) is 7.11. The number of aliphatic hydroxyl groups is 1. The van der Waals surface area contributed by atoms with E-state index in [2.05, 4.69) is 45.9 Å². The molecule has 0 saturated heterocycles. The van der Waals surface area contributed by atoms with Gasteiger partial charge in [-0.25, -0.2) is 0 Å². The predicted octanol–water partition coefficient (Wildman–Crippen LogP) is 3.47. The van der Waals surface area contributed by atoms with Crippen LogP contribution in [0.5, 0.6) is 0 Å². The van der Waals surface area contributed by atoms with Crippen molar-refractivity contribution in [3.8, 4) is 0 Å². The van der Waals surface area contributed by atoms with Crippen molar-refractivity contribution in [1.29, 1.82) is 0 Å². The van der Waals surface area contributed by atoms with E-state index in [1.54, 1.807) is 0 Å². The number of aliphatic hydroxyl groups excluding tert-OH is 1. The summed E-state index contributed by atoms with van der Waals surface area (Å²) in [5.74, 6) is 0.810. The van der Waals surface area contributed by atoms with Crippen molar-refractivity contribution in [2.45, 2.75) is 46.0 Å². The Balaban J connectivity index is 3.22. The summed E-state index contributed by atoms with van der Waals surface area (Å²) in [6.45, 7) is 8.95. The lowest BCUT2D eigenvalue weighted by atomic mass is 9.87. The Hall–Kier alpha value is -0.820. The van der Waals surface area contributed by atoms with Crippen LogP contribution < -0.4 is 0 Å². The molecule has 0 spiro atoms. The molecule has 0 saturated carbocycles. The molecule has 1 atom stereocenters. The quantitative estimate of drug-likeness (QED) is 0.799. The highest BCUT2D eigenvalue weighted by Crippen LogP contribution is 2.27. The molecule has 1 unspecified atom stereocenters. The van der Waals surface area contributed by atoms with Crippen LogP contribution in [0.15, 0.2) is 18.2 Å². The van der Waals surface area contributed by atoms with Gasteiger partial charge in [0.25, 0.3) is 0 Å². The Morgan fingerprint density at radius 1 is 1.13 bits per heavy atom. The molecule has 1 aromatic carbocycles. The standard InChI is InChI=1S/C14H22O/c1-5-12-13(10(2)3)7-6-8-14(12)11(4)9-15/h6-8,10-11,15H,5,9H2,1-4H3. The largest absolute Gasteiger partial charge is 0.396 e. The maximum Gasteiger partial charge on any atom is 0.0497 e. The Bertz CT molecular complexity index is 315. The fourth-order valence-electron chi connectivity index (χ4n) is 2.13. The zero-order valence-corrected chi connectivity index (χ0v) is 10.2. The molecule has 0 bridgehead atoms. The molecule has 0 aliphatic carbocycles. The van der Waals surface area contributed by atoms with Crippen LogP contribution in [-0.4, -0.2) is 11.7 Å². The van der Waals surface area contributed by atoms with E-state index in [-0.39, 0.29) is 12.5 Å². The number of benzene rings is 1. The van der Waals surface area contributed by atoms with Gasteiger partial charge in [-0.3, -0.25) is 0 Å². The minimum absolute atomic E-state index is 0.231. The molecule has 0 amide bonds.